The Morgan fingerprint density at radius 2 is 2.00 bits per heavy atom. The van der Waals surface area contributed by atoms with Gasteiger partial charge in [0.25, 0.3) is 11.5 Å². The van der Waals surface area contributed by atoms with Crippen LogP contribution in [0.25, 0.3) is 10.9 Å². The van der Waals surface area contributed by atoms with E-state index in [1.54, 1.807) is 25.3 Å². The van der Waals surface area contributed by atoms with E-state index in [-0.39, 0.29) is 17.7 Å². The molecule has 25 heavy (non-hydrogen) atoms. The highest BCUT2D eigenvalue weighted by molar-refractivity contribution is 5.94. The monoisotopic (exact) mass is 340 g/mol. The summed E-state index contributed by atoms with van der Waals surface area (Å²) in [6, 6.07) is 13.0. The highest BCUT2D eigenvalue weighted by Gasteiger charge is 2.10. The molecule has 0 unspecified atom stereocenters. The van der Waals surface area contributed by atoms with Crippen LogP contribution < -0.4 is 15.6 Å². The molecule has 0 spiro atoms. The number of H-pyrrole nitrogens is 1. The van der Waals surface area contributed by atoms with Gasteiger partial charge in [-0.2, -0.15) is 0 Å². The molecule has 1 amide bonds. The number of pyridine rings is 1. The maximum absolute atomic E-state index is 13.6. The predicted molar refractivity (Wildman–Crippen MR) is 93.6 cm³/mol. The number of fused-ring (bicyclic) bond motifs is 1. The number of carbonyl (C=O) groups excluding carboxylic acids is 1. The Bertz CT molecular complexity index is 982. The summed E-state index contributed by atoms with van der Waals surface area (Å²) in [5, 5.41) is 3.50. The molecule has 5 nitrogen and oxygen atoms in total. The molecule has 6 heteroatoms. The zero-order valence-electron chi connectivity index (χ0n) is 13.6. The van der Waals surface area contributed by atoms with E-state index < -0.39 is 11.7 Å². The highest BCUT2D eigenvalue weighted by Crippen LogP contribution is 2.18. The molecule has 0 saturated heterocycles. The first-order chi connectivity index (χ1) is 12.1. The Labute approximate surface area is 143 Å². The first-order valence-electron chi connectivity index (χ1n) is 7.81. The molecule has 1 heterocycles. The number of hydrogen-bond acceptors (Lipinski definition) is 3. The van der Waals surface area contributed by atoms with Crippen LogP contribution in [0.4, 0.5) is 4.39 Å². The number of rotatable bonds is 5. The molecule has 0 atom stereocenters. The minimum Gasteiger partial charge on any atom is -0.497 e. The Balaban J connectivity index is 1.71. The van der Waals surface area contributed by atoms with Crippen molar-refractivity contribution in [1.82, 2.24) is 10.3 Å². The van der Waals surface area contributed by atoms with E-state index in [1.807, 2.05) is 12.1 Å². The molecule has 3 aromatic rings. The minimum absolute atomic E-state index is 0.0120. The van der Waals surface area contributed by atoms with Crippen LogP contribution >= 0.6 is 0 Å². The highest BCUT2D eigenvalue weighted by atomic mass is 19.1. The number of carbonyl (C=O) groups is 1. The fraction of sp³-hybridized carbons (Fsp3) is 0.158. The first-order valence-corrected chi connectivity index (χ1v) is 7.81. The molecule has 0 radical (unpaired) electrons. The second-order valence-corrected chi connectivity index (χ2v) is 5.56. The SMILES string of the molecule is COc1ccc2cc(CCNC(=O)c3ccccc3F)c(=O)[nH]c2c1. The normalized spacial score (nSPS) is 10.6. The molecule has 2 aromatic carbocycles. The van der Waals surface area contributed by atoms with Gasteiger partial charge in [-0.1, -0.05) is 12.1 Å². The van der Waals surface area contributed by atoms with Crippen LogP contribution in [0.1, 0.15) is 15.9 Å². The maximum Gasteiger partial charge on any atom is 0.254 e. The predicted octanol–water partition coefficient (Wildman–Crippen LogP) is 2.65. The molecule has 1 aromatic heterocycles. The first kappa shape index (κ1) is 16.7. The number of nitrogens with one attached hydrogen (secondary N) is 2. The fourth-order valence-electron chi connectivity index (χ4n) is 2.59. The number of aromatic nitrogens is 1. The molecule has 0 aliphatic carbocycles. The van der Waals surface area contributed by atoms with Gasteiger partial charge < -0.3 is 15.0 Å². The van der Waals surface area contributed by atoms with Crippen LogP contribution in [0.3, 0.4) is 0 Å². The summed E-state index contributed by atoms with van der Waals surface area (Å²) in [5.74, 6) is -0.411. The van der Waals surface area contributed by atoms with Gasteiger partial charge in [-0.3, -0.25) is 9.59 Å². The van der Waals surface area contributed by atoms with E-state index in [1.165, 1.54) is 18.2 Å². The molecular formula is C19H17FN2O3. The van der Waals surface area contributed by atoms with E-state index in [4.69, 9.17) is 4.74 Å². The molecule has 0 fully saturated rings. The summed E-state index contributed by atoms with van der Waals surface area (Å²) in [4.78, 5) is 26.9. The lowest BCUT2D eigenvalue weighted by Gasteiger charge is -2.07. The van der Waals surface area contributed by atoms with Crippen LogP contribution in [0.5, 0.6) is 5.75 Å². The topological polar surface area (TPSA) is 71.2 Å². The van der Waals surface area contributed by atoms with Gasteiger partial charge in [-0.15, -0.1) is 0 Å². The Kier molecular flexibility index (Phi) is 4.79. The summed E-state index contributed by atoms with van der Waals surface area (Å²) < 4.78 is 18.7. The molecule has 0 bridgehead atoms. The van der Waals surface area contributed by atoms with Crippen molar-refractivity contribution in [3.63, 3.8) is 0 Å². The second-order valence-electron chi connectivity index (χ2n) is 5.56. The van der Waals surface area contributed by atoms with Crippen LogP contribution in [0.15, 0.2) is 53.3 Å². The average molecular weight is 340 g/mol. The molecule has 3 rings (SSSR count). The van der Waals surface area contributed by atoms with Gasteiger partial charge in [-0.05, 0) is 42.1 Å². The Hall–Kier alpha value is -3.15. The zero-order valence-corrected chi connectivity index (χ0v) is 13.6. The van der Waals surface area contributed by atoms with Gasteiger partial charge in [0.15, 0.2) is 0 Å². The van der Waals surface area contributed by atoms with E-state index in [0.717, 1.165) is 5.39 Å². The Morgan fingerprint density at radius 3 is 2.76 bits per heavy atom. The van der Waals surface area contributed by atoms with E-state index in [9.17, 15) is 14.0 Å². The lowest BCUT2D eigenvalue weighted by atomic mass is 10.1. The minimum atomic E-state index is -0.572. The summed E-state index contributed by atoms with van der Waals surface area (Å²) in [7, 11) is 1.56. The molecule has 2 N–H and O–H groups in total. The summed E-state index contributed by atoms with van der Waals surface area (Å²) >= 11 is 0. The number of aromatic amines is 1. The maximum atomic E-state index is 13.6. The smallest absolute Gasteiger partial charge is 0.254 e. The molecule has 128 valence electrons. The number of hydrogen-bond donors (Lipinski definition) is 2. The van der Waals surface area contributed by atoms with Gasteiger partial charge in [0.1, 0.15) is 11.6 Å². The van der Waals surface area contributed by atoms with Crippen molar-refractivity contribution >= 4 is 16.8 Å². The number of amides is 1. The summed E-state index contributed by atoms with van der Waals surface area (Å²) in [6.45, 7) is 0.234. The molecule has 0 aliphatic rings. The van der Waals surface area contributed by atoms with Crippen molar-refractivity contribution in [3.05, 3.63) is 75.8 Å². The van der Waals surface area contributed by atoms with Crippen molar-refractivity contribution < 1.29 is 13.9 Å². The van der Waals surface area contributed by atoms with E-state index in [2.05, 4.69) is 10.3 Å². The fourth-order valence-corrected chi connectivity index (χ4v) is 2.59. The van der Waals surface area contributed by atoms with Gasteiger partial charge in [0.05, 0.1) is 18.2 Å². The van der Waals surface area contributed by atoms with Gasteiger partial charge in [-0.25, -0.2) is 4.39 Å². The van der Waals surface area contributed by atoms with Gasteiger partial charge in [0.2, 0.25) is 0 Å². The van der Waals surface area contributed by atoms with Gasteiger partial charge in [0, 0.05) is 18.2 Å². The van der Waals surface area contributed by atoms with Crippen LogP contribution in [-0.4, -0.2) is 24.5 Å². The standard InChI is InChI=1S/C19H17FN2O3/c1-25-14-7-6-12-10-13(18(23)22-17(12)11-14)8-9-21-19(24)15-4-2-3-5-16(15)20/h2-7,10-11H,8-9H2,1H3,(H,21,24)(H,22,23). The Morgan fingerprint density at radius 1 is 1.20 bits per heavy atom. The number of methoxy groups -OCH3 is 1. The van der Waals surface area contributed by atoms with Crippen molar-refractivity contribution in [2.24, 2.45) is 0 Å². The van der Waals surface area contributed by atoms with Crippen LogP contribution in [0.2, 0.25) is 0 Å². The van der Waals surface area contributed by atoms with E-state index in [0.29, 0.717) is 23.3 Å². The average Bonchev–Trinajstić information content (AvgIpc) is 2.62. The molecular weight excluding hydrogens is 323 g/mol. The third kappa shape index (κ3) is 3.68. The number of ether oxygens (including phenoxy) is 1. The zero-order chi connectivity index (χ0) is 17.8. The third-order valence-electron chi connectivity index (χ3n) is 3.93. The van der Waals surface area contributed by atoms with Crippen molar-refractivity contribution in [3.8, 4) is 5.75 Å². The summed E-state index contributed by atoms with van der Waals surface area (Å²) in [5.41, 5.74) is 0.998. The molecule has 0 aliphatic heterocycles. The van der Waals surface area contributed by atoms with Crippen molar-refractivity contribution in [1.29, 1.82) is 0 Å². The number of halogens is 1. The molecule has 0 saturated carbocycles. The van der Waals surface area contributed by atoms with E-state index >= 15 is 0 Å². The van der Waals surface area contributed by atoms with Crippen LogP contribution in [0, 0.1) is 5.82 Å². The number of benzene rings is 2. The lowest BCUT2D eigenvalue weighted by molar-refractivity contribution is 0.0950. The van der Waals surface area contributed by atoms with Gasteiger partial charge >= 0.3 is 0 Å². The van der Waals surface area contributed by atoms with Crippen molar-refractivity contribution in [2.75, 3.05) is 13.7 Å². The van der Waals surface area contributed by atoms with Crippen molar-refractivity contribution in [2.45, 2.75) is 6.42 Å². The summed E-state index contributed by atoms with van der Waals surface area (Å²) in [6.07, 6.45) is 0.345. The second kappa shape index (κ2) is 7.17. The van der Waals surface area contributed by atoms with Crippen LogP contribution in [-0.2, 0) is 6.42 Å². The quantitative estimate of drug-likeness (QED) is 0.750. The largest absolute Gasteiger partial charge is 0.497 e. The third-order valence-corrected chi connectivity index (χ3v) is 3.93. The lowest BCUT2D eigenvalue weighted by Crippen LogP contribution is -2.28.